The van der Waals surface area contributed by atoms with Crippen molar-refractivity contribution in [3.05, 3.63) is 0 Å². The van der Waals surface area contributed by atoms with Gasteiger partial charge in [-0.15, -0.1) is 12.4 Å². The Morgan fingerprint density at radius 2 is 2.18 bits per heavy atom. The first-order chi connectivity index (χ1) is 7.60. The van der Waals surface area contributed by atoms with Crippen molar-refractivity contribution < 1.29 is 20.9 Å². The van der Waals surface area contributed by atoms with Crippen molar-refractivity contribution in [1.29, 1.82) is 0 Å². The molecule has 0 aliphatic carbocycles. The van der Waals surface area contributed by atoms with Crippen LogP contribution in [0.4, 0.5) is 0 Å². The minimum absolute atomic E-state index is 0. The summed E-state index contributed by atoms with van der Waals surface area (Å²) in [7, 11) is 0. The van der Waals surface area contributed by atoms with Crippen LogP contribution in [0.25, 0.3) is 0 Å². The molecule has 68 valence electrons. The summed E-state index contributed by atoms with van der Waals surface area (Å²) in [4.78, 5) is 10.6. The Morgan fingerprint density at radius 3 is 2.55 bits per heavy atom. The second-order valence-electron chi connectivity index (χ2n) is 1.35. The highest BCUT2D eigenvalue weighted by Gasteiger charge is 2.09. The van der Waals surface area contributed by atoms with Crippen LogP contribution in [0.2, 0.25) is 0 Å². The fourth-order valence-corrected chi connectivity index (χ4v) is 0.212. The zero-order valence-electron chi connectivity index (χ0n) is 13.5. The quantitative estimate of drug-likeness (QED) is 0.567. The van der Waals surface area contributed by atoms with Crippen molar-refractivity contribution in [2.75, 3.05) is 6.50 Å². The zero-order valence-corrected chi connectivity index (χ0v) is 6.31. The number of hydrogen-bond donors (Lipinski definition) is 3. The van der Waals surface area contributed by atoms with Gasteiger partial charge < -0.3 is 16.6 Å². The van der Waals surface area contributed by atoms with E-state index in [1.807, 2.05) is 0 Å². The average molecular weight is 191 g/mol. The monoisotopic (exact) mass is 190 g/mol. The van der Waals surface area contributed by atoms with E-state index in [9.17, 15) is 4.79 Å². The van der Waals surface area contributed by atoms with Gasteiger partial charge in [0.2, 0.25) is 0 Å². The highest BCUT2D eigenvalue weighted by Crippen LogP contribution is 1.96. The SMILES string of the molecule is Cl.[2H]C([2H])(N)C([2H])([2H])C([2H])([2H])C([2H])([2H])[C@H](N)C(=O)O. The van der Waals surface area contributed by atoms with E-state index in [0.717, 1.165) is 0 Å². The van der Waals surface area contributed by atoms with Crippen LogP contribution in [0.5, 0.6) is 0 Å². The number of carboxylic acids is 1. The predicted molar refractivity (Wildman–Crippen MR) is 45.8 cm³/mol. The molecule has 0 amide bonds. The summed E-state index contributed by atoms with van der Waals surface area (Å²) >= 11 is 0. The Labute approximate surface area is 83.6 Å². The number of carboxylic acid groups (broad SMARTS) is 1. The van der Waals surface area contributed by atoms with Crippen LogP contribution in [0.15, 0.2) is 0 Å². The third kappa shape index (κ3) is 7.58. The molecule has 0 rings (SSSR count). The van der Waals surface area contributed by atoms with E-state index in [-0.39, 0.29) is 12.4 Å². The van der Waals surface area contributed by atoms with Crippen molar-refractivity contribution in [2.45, 2.75) is 25.2 Å². The molecule has 0 aliphatic rings. The third-order valence-electron chi connectivity index (χ3n) is 0.628. The van der Waals surface area contributed by atoms with E-state index in [1.165, 1.54) is 0 Å². The van der Waals surface area contributed by atoms with Gasteiger partial charge in [0.05, 0.1) is 0 Å². The van der Waals surface area contributed by atoms with E-state index in [2.05, 4.69) is 0 Å². The first-order valence-electron chi connectivity index (χ1n) is 6.38. The van der Waals surface area contributed by atoms with E-state index >= 15 is 0 Å². The van der Waals surface area contributed by atoms with Crippen molar-refractivity contribution >= 4 is 18.4 Å². The summed E-state index contributed by atoms with van der Waals surface area (Å²) in [5.74, 6) is -1.88. The van der Waals surface area contributed by atoms with Gasteiger partial charge in [-0.25, -0.2) is 0 Å². The molecule has 0 saturated heterocycles. The molecule has 11 heavy (non-hydrogen) atoms. The van der Waals surface area contributed by atoms with E-state index in [4.69, 9.17) is 27.5 Å². The maximum absolute atomic E-state index is 10.6. The van der Waals surface area contributed by atoms with Crippen LogP contribution < -0.4 is 11.5 Å². The fraction of sp³-hybridized carbons (Fsp3) is 0.833. The Bertz CT molecular complexity index is 345. The molecule has 5 N–H and O–H groups in total. The van der Waals surface area contributed by atoms with Crippen molar-refractivity contribution in [2.24, 2.45) is 11.5 Å². The summed E-state index contributed by atoms with van der Waals surface area (Å²) in [6.45, 7) is -3.22. The van der Waals surface area contributed by atoms with Crippen LogP contribution in [0.1, 0.15) is 30.1 Å². The van der Waals surface area contributed by atoms with Gasteiger partial charge in [-0.1, -0.05) is 6.37 Å². The highest BCUT2D eigenvalue weighted by molar-refractivity contribution is 5.85. The summed E-state index contributed by atoms with van der Waals surface area (Å²) in [6, 6.07) is -2.37. The standard InChI is InChI=1S/C6H14N2O2.ClH/c7-4-2-1-3-5(8)6(9)10;/h5H,1-4,7-8H2,(H,9,10);1H/t5-;/m0./s1/i1D2,2D2,3D2,4D2;. The highest BCUT2D eigenvalue weighted by atomic mass is 35.5. The van der Waals surface area contributed by atoms with Crippen molar-refractivity contribution in [1.82, 2.24) is 0 Å². The lowest BCUT2D eigenvalue weighted by Crippen LogP contribution is -2.29. The molecule has 0 aromatic carbocycles. The largest absolute Gasteiger partial charge is 0.480 e. The van der Waals surface area contributed by atoms with Gasteiger partial charge in [-0.3, -0.25) is 4.79 Å². The van der Waals surface area contributed by atoms with Gasteiger partial charge in [0.25, 0.3) is 0 Å². The van der Waals surface area contributed by atoms with Gasteiger partial charge in [-0.05, 0) is 19.2 Å². The van der Waals surface area contributed by atoms with E-state index in [1.54, 1.807) is 0 Å². The molecule has 0 radical (unpaired) electrons. The van der Waals surface area contributed by atoms with Crippen LogP contribution >= 0.6 is 12.4 Å². The van der Waals surface area contributed by atoms with Gasteiger partial charge >= 0.3 is 5.97 Å². The van der Waals surface area contributed by atoms with Crippen molar-refractivity contribution in [3.63, 3.8) is 0 Å². The molecule has 0 bridgehead atoms. The molecule has 0 fully saturated rings. The maximum Gasteiger partial charge on any atom is 0.320 e. The number of carbonyl (C=O) groups is 1. The maximum atomic E-state index is 10.6. The molecule has 4 nitrogen and oxygen atoms in total. The first-order valence-corrected chi connectivity index (χ1v) is 2.38. The molecule has 0 saturated carbocycles. The van der Waals surface area contributed by atoms with Gasteiger partial charge in [0, 0.05) is 11.0 Å². The number of halogens is 1. The second kappa shape index (κ2) is 7.78. The van der Waals surface area contributed by atoms with Gasteiger partial charge in [0.1, 0.15) is 6.04 Å². The normalized spacial score (nSPS) is 27.8. The molecule has 0 aliphatic heterocycles. The molecule has 0 heterocycles. The van der Waals surface area contributed by atoms with E-state index in [0.29, 0.717) is 0 Å². The van der Waals surface area contributed by atoms with Gasteiger partial charge in [0.15, 0.2) is 0 Å². The Morgan fingerprint density at radius 1 is 1.64 bits per heavy atom. The fourth-order valence-electron chi connectivity index (χ4n) is 0.212. The minimum atomic E-state index is -3.56. The second-order valence-corrected chi connectivity index (χ2v) is 1.35. The summed E-state index contributed by atoms with van der Waals surface area (Å²) in [6.07, 6.45) is -10.4. The Kier molecular flexibility index (Phi) is 2.55. The smallest absolute Gasteiger partial charge is 0.320 e. The van der Waals surface area contributed by atoms with Crippen LogP contribution in [-0.4, -0.2) is 23.6 Å². The Hall–Kier alpha value is -0.320. The molecule has 5 heteroatoms. The Balaban J connectivity index is 0. The molecule has 1 atom stereocenters. The van der Waals surface area contributed by atoms with Crippen LogP contribution in [0.3, 0.4) is 0 Å². The summed E-state index contributed by atoms with van der Waals surface area (Å²) < 4.78 is 57.9. The summed E-state index contributed by atoms with van der Waals surface area (Å²) in [5.41, 5.74) is 9.81. The molecule has 0 aromatic heterocycles. The number of aliphatic carboxylic acids is 1. The van der Waals surface area contributed by atoms with Gasteiger partial charge in [-0.2, -0.15) is 0 Å². The molecule has 0 aromatic rings. The lowest BCUT2D eigenvalue weighted by Gasteiger charge is -2.03. The average Bonchev–Trinajstić information content (AvgIpc) is 2.13. The topological polar surface area (TPSA) is 89.3 Å². The summed E-state index contributed by atoms with van der Waals surface area (Å²) in [5, 5.41) is 8.57. The van der Waals surface area contributed by atoms with Crippen LogP contribution in [-0.2, 0) is 4.79 Å². The molecule has 0 unspecified atom stereocenters. The number of nitrogens with two attached hydrogens (primary N) is 2. The minimum Gasteiger partial charge on any atom is -0.480 e. The third-order valence-corrected chi connectivity index (χ3v) is 0.628. The predicted octanol–water partition coefficient (Wildman–Crippen LogP) is -0.0509. The first kappa shape index (κ1) is 3.60. The zero-order chi connectivity index (χ0) is 15.2. The molecule has 0 spiro atoms. The van der Waals surface area contributed by atoms with Crippen LogP contribution in [0, 0.1) is 0 Å². The van der Waals surface area contributed by atoms with Crippen molar-refractivity contribution in [3.8, 4) is 0 Å². The lowest BCUT2D eigenvalue weighted by molar-refractivity contribution is -0.138. The molecular formula is C6H15ClN2O2. The number of hydrogen-bond acceptors (Lipinski definition) is 3. The van der Waals surface area contributed by atoms with E-state index < -0.39 is 37.6 Å². The lowest BCUT2D eigenvalue weighted by atomic mass is 10.1. The molecular weight excluding hydrogens is 168 g/mol. The number of rotatable bonds is 5.